The zero-order chi connectivity index (χ0) is 14.0. The van der Waals surface area contributed by atoms with Crippen molar-refractivity contribution < 1.29 is 14.3 Å². The summed E-state index contributed by atoms with van der Waals surface area (Å²) in [5, 5.41) is 10.1. The Bertz CT molecular complexity index is 497. The zero-order valence-electron chi connectivity index (χ0n) is 10.8. The third-order valence-electron chi connectivity index (χ3n) is 3.41. The first-order valence-corrected chi connectivity index (χ1v) is 6.24. The summed E-state index contributed by atoms with van der Waals surface area (Å²) in [5.41, 5.74) is 3.89. The van der Waals surface area contributed by atoms with Crippen LogP contribution < -0.4 is 10.6 Å². The van der Waals surface area contributed by atoms with Crippen LogP contribution in [0.3, 0.4) is 0 Å². The van der Waals surface area contributed by atoms with E-state index in [0.717, 1.165) is 0 Å². The number of hydrogen-bond acceptors (Lipinski definition) is 5. The molecule has 1 aromatic heterocycles. The first-order valence-electron chi connectivity index (χ1n) is 6.24. The van der Waals surface area contributed by atoms with Crippen LogP contribution >= 0.6 is 0 Å². The van der Waals surface area contributed by atoms with Crippen LogP contribution in [0.2, 0.25) is 0 Å². The Hall–Kier alpha value is -1.76. The Kier molecular flexibility index (Phi) is 3.66. The number of rotatable bonds is 3. The van der Waals surface area contributed by atoms with Crippen LogP contribution in [0, 0.1) is 5.82 Å². The van der Waals surface area contributed by atoms with E-state index in [-0.39, 0.29) is 18.8 Å². The Labute approximate surface area is 110 Å². The smallest absolute Gasteiger partial charge is 0.251 e. The molecule has 19 heavy (non-hydrogen) atoms. The lowest BCUT2D eigenvalue weighted by Gasteiger charge is -2.37. The lowest BCUT2D eigenvalue weighted by atomic mass is 9.92. The molecule has 104 valence electrons. The standard InChI is InChI=1S/C12H17FN4O2/c1-2-8-9(13)10(16-7-15-8)17-5-3-4-12(19,6-17)11(14)18/h7,19H,2-6H2,1H3,(H2,14,18)/t12-/m0/s1. The average molecular weight is 268 g/mol. The molecule has 1 amide bonds. The lowest BCUT2D eigenvalue weighted by Crippen LogP contribution is -2.56. The molecule has 7 heteroatoms. The van der Waals surface area contributed by atoms with E-state index in [4.69, 9.17) is 5.73 Å². The predicted molar refractivity (Wildman–Crippen MR) is 67.0 cm³/mol. The SMILES string of the molecule is CCc1ncnc(N2CCC[C@@](O)(C(N)=O)C2)c1F. The largest absolute Gasteiger partial charge is 0.378 e. The van der Waals surface area contributed by atoms with Crippen molar-refractivity contribution in [3.8, 4) is 0 Å². The van der Waals surface area contributed by atoms with Crippen LogP contribution in [0.5, 0.6) is 0 Å². The first kappa shape index (κ1) is 13.7. The number of halogens is 1. The summed E-state index contributed by atoms with van der Waals surface area (Å²) >= 11 is 0. The van der Waals surface area contributed by atoms with E-state index in [1.807, 2.05) is 0 Å². The molecule has 1 saturated heterocycles. The number of nitrogens with zero attached hydrogens (tertiary/aromatic N) is 3. The molecule has 1 fully saturated rings. The molecule has 2 rings (SSSR count). The fourth-order valence-corrected chi connectivity index (χ4v) is 2.28. The number of carbonyl (C=O) groups is 1. The molecule has 3 N–H and O–H groups in total. The summed E-state index contributed by atoms with van der Waals surface area (Å²) in [4.78, 5) is 20.6. The van der Waals surface area contributed by atoms with Gasteiger partial charge in [0.15, 0.2) is 17.2 Å². The monoisotopic (exact) mass is 268 g/mol. The van der Waals surface area contributed by atoms with E-state index in [1.54, 1.807) is 11.8 Å². The van der Waals surface area contributed by atoms with Crippen molar-refractivity contribution in [2.45, 2.75) is 31.8 Å². The number of aliphatic hydroxyl groups is 1. The molecule has 6 nitrogen and oxygen atoms in total. The second-order valence-electron chi connectivity index (χ2n) is 4.73. The predicted octanol–water partition coefficient (Wildman–Crippen LogP) is -0.00530. The fraction of sp³-hybridized carbons (Fsp3) is 0.583. The molecule has 1 aliphatic heterocycles. The highest BCUT2D eigenvalue weighted by molar-refractivity contribution is 5.84. The maximum absolute atomic E-state index is 14.1. The lowest BCUT2D eigenvalue weighted by molar-refractivity contribution is -0.137. The zero-order valence-corrected chi connectivity index (χ0v) is 10.8. The first-order chi connectivity index (χ1) is 8.98. The van der Waals surface area contributed by atoms with Crippen molar-refractivity contribution in [1.82, 2.24) is 9.97 Å². The summed E-state index contributed by atoms with van der Waals surface area (Å²) in [6, 6.07) is 0. The molecule has 1 atom stereocenters. The van der Waals surface area contributed by atoms with Gasteiger partial charge in [0.2, 0.25) is 0 Å². The Morgan fingerprint density at radius 1 is 1.63 bits per heavy atom. The minimum atomic E-state index is -1.62. The normalized spacial score (nSPS) is 23.4. The van der Waals surface area contributed by atoms with Crippen LogP contribution in [0.25, 0.3) is 0 Å². The molecule has 0 radical (unpaired) electrons. The van der Waals surface area contributed by atoms with Crippen LogP contribution in [0.15, 0.2) is 6.33 Å². The summed E-state index contributed by atoms with van der Waals surface area (Å²) in [6.45, 7) is 2.28. The van der Waals surface area contributed by atoms with Gasteiger partial charge in [-0.15, -0.1) is 0 Å². The van der Waals surface area contributed by atoms with Crippen LogP contribution in [-0.2, 0) is 11.2 Å². The van der Waals surface area contributed by atoms with E-state index in [9.17, 15) is 14.3 Å². The third kappa shape index (κ3) is 2.51. The second kappa shape index (κ2) is 5.08. The van der Waals surface area contributed by atoms with Crippen molar-refractivity contribution in [3.05, 3.63) is 17.8 Å². The van der Waals surface area contributed by atoms with Crippen LogP contribution in [0.4, 0.5) is 10.2 Å². The van der Waals surface area contributed by atoms with E-state index >= 15 is 0 Å². The van der Waals surface area contributed by atoms with Gasteiger partial charge in [-0.05, 0) is 19.3 Å². The number of carbonyl (C=O) groups excluding carboxylic acids is 1. The molecule has 0 aromatic carbocycles. The Morgan fingerprint density at radius 2 is 2.37 bits per heavy atom. The van der Waals surface area contributed by atoms with Gasteiger partial charge in [-0.25, -0.2) is 14.4 Å². The summed E-state index contributed by atoms with van der Waals surface area (Å²) in [5.74, 6) is -1.17. The van der Waals surface area contributed by atoms with Gasteiger partial charge in [-0.3, -0.25) is 4.79 Å². The minimum Gasteiger partial charge on any atom is -0.378 e. The summed E-state index contributed by atoms with van der Waals surface area (Å²) in [7, 11) is 0. The number of hydrogen-bond donors (Lipinski definition) is 2. The molecule has 1 aromatic rings. The van der Waals surface area contributed by atoms with Gasteiger partial charge >= 0.3 is 0 Å². The number of β-amino-alcohol motifs (C(OH)–C–C–N with tert-alkyl or cyclic N) is 1. The molecule has 2 heterocycles. The molecular weight excluding hydrogens is 251 g/mol. The Morgan fingerprint density at radius 3 is 3.00 bits per heavy atom. The maximum atomic E-state index is 14.1. The molecule has 0 saturated carbocycles. The third-order valence-corrected chi connectivity index (χ3v) is 3.41. The summed E-state index contributed by atoms with van der Waals surface area (Å²) < 4.78 is 14.1. The van der Waals surface area contributed by atoms with Gasteiger partial charge in [-0.2, -0.15) is 0 Å². The number of nitrogens with two attached hydrogens (primary N) is 1. The van der Waals surface area contributed by atoms with E-state index in [0.29, 0.717) is 25.1 Å². The van der Waals surface area contributed by atoms with E-state index in [1.165, 1.54) is 6.33 Å². The van der Waals surface area contributed by atoms with Crippen molar-refractivity contribution in [2.24, 2.45) is 5.73 Å². The fourth-order valence-electron chi connectivity index (χ4n) is 2.28. The highest BCUT2D eigenvalue weighted by Gasteiger charge is 2.39. The summed E-state index contributed by atoms with van der Waals surface area (Å²) in [6.07, 6.45) is 2.57. The second-order valence-corrected chi connectivity index (χ2v) is 4.73. The van der Waals surface area contributed by atoms with Gasteiger partial charge in [0.05, 0.1) is 12.2 Å². The average Bonchev–Trinajstić information content (AvgIpc) is 2.39. The minimum absolute atomic E-state index is 0.0422. The molecule has 0 unspecified atom stereocenters. The number of amides is 1. The van der Waals surface area contributed by atoms with Crippen molar-refractivity contribution >= 4 is 11.7 Å². The van der Waals surface area contributed by atoms with E-state index in [2.05, 4.69) is 9.97 Å². The highest BCUT2D eigenvalue weighted by atomic mass is 19.1. The van der Waals surface area contributed by atoms with Gasteiger partial charge in [0.25, 0.3) is 5.91 Å². The number of piperidine rings is 1. The molecular formula is C12H17FN4O2. The highest BCUT2D eigenvalue weighted by Crippen LogP contribution is 2.27. The molecule has 1 aliphatic rings. The molecule has 0 bridgehead atoms. The van der Waals surface area contributed by atoms with Gasteiger partial charge < -0.3 is 15.7 Å². The van der Waals surface area contributed by atoms with Gasteiger partial charge in [0.1, 0.15) is 6.33 Å². The van der Waals surface area contributed by atoms with Crippen molar-refractivity contribution in [1.29, 1.82) is 0 Å². The number of anilines is 1. The number of primary amides is 1. The van der Waals surface area contributed by atoms with Crippen LogP contribution in [-0.4, -0.2) is 39.7 Å². The topological polar surface area (TPSA) is 92.3 Å². The van der Waals surface area contributed by atoms with Crippen molar-refractivity contribution in [3.63, 3.8) is 0 Å². The number of aromatic nitrogens is 2. The van der Waals surface area contributed by atoms with Gasteiger partial charge in [0, 0.05) is 6.54 Å². The molecule has 0 spiro atoms. The number of aryl methyl sites for hydroxylation is 1. The van der Waals surface area contributed by atoms with Crippen molar-refractivity contribution in [2.75, 3.05) is 18.0 Å². The Balaban J connectivity index is 2.30. The van der Waals surface area contributed by atoms with Gasteiger partial charge in [-0.1, -0.05) is 6.92 Å². The van der Waals surface area contributed by atoms with Crippen LogP contribution in [0.1, 0.15) is 25.5 Å². The maximum Gasteiger partial charge on any atom is 0.251 e. The van der Waals surface area contributed by atoms with E-state index < -0.39 is 17.3 Å². The molecule has 0 aliphatic carbocycles. The quantitative estimate of drug-likeness (QED) is 0.804.